The summed E-state index contributed by atoms with van der Waals surface area (Å²) in [4.78, 5) is 42.0. The molecule has 5 heterocycles. The highest BCUT2D eigenvalue weighted by Gasteiger charge is 2.71. The molecule has 12 nitrogen and oxygen atoms in total. The van der Waals surface area contributed by atoms with Crippen molar-refractivity contribution in [2.45, 2.75) is 97.1 Å². The second-order valence-corrected chi connectivity index (χ2v) is 17.6. The lowest BCUT2D eigenvalue weighted by Crippen LogP contribution is -2.58. The normalized spacial score (nSPS) is 26.2. The molecule has 4 fully saturated rings. The topological polar surface area (TPSA) is 144 Å². The zero-order valence-electron chi connectivity index (χ0n) is 35.1. The monoisotopic (exact) mass is 804 g/mol. The van der Waals surface area contributed by atoms with Crippen LogP contribution in [0.2, 0.25) is 0 Å². The van der Waals surface area contributed by atoms with E-state index in [1.807, 2.05) is 108 Å². The van der Waals surface area contributed by atoms with Crippen molar-refractivity contribution in [1.29, 1.82) is 0 Å². The number of benzene rings is 2. The Kier molecular flexibility index (Phi) is 10.8. The maximum Gasteiger partial charge on any atom is 0.314 e. The molecule has 1 aliphatic carbocycles. The fourth-order valence-corrected chi connectivity index (χ4v) is 9.70. The van der Waals surface area contributed by atoms with Crippen LogP contribution in [0.1, 0.15) is 76.2 Å². The van der Waals surface area contributed by atoms with E-state index in [4.69, 9.17) is 28.9 Å². The summed E-state index contributed by atoms with van der Waals surface area (Å²) in [5.74, 6) is 0.836. The van der Waals surface area contributed by atoms with Gasteiger partial charge in [0.1, 0.15) is 28.7 Å². The summed E-state index contributed by atoms with van der Waals surface area (Å²) in [5, 5.41) is 22.2. The summed E-state index contributed by atoms with van der Waals surface area (Å²) in [6.07, 6.45) is 1.61. The third kappa shape index (κ3) is 7.50. The molecule has 2 N–H and O–H groups in total. The molecule has 4 aromatic rings. The lowest BCUT2D eigenvalue weighted by atomic mass is 9.81. The van der Waals surface area contributed by atoms with E-state index in [1.54, 1.807) is 0 Å². The fraction of sp³-hybridized carbons (Fsp3) is 0.489. The van der Waals surface area contributed by atoms with Crippen molar-refractivity contribution in [3.8, 4) is 34.0 Å². The molecule has 312 valence electrons. The van der Waals surface area contributed by atoms with E-state index in [0.29, 0.717) is 73.9 Å². The van der Waals surface area contributed by atoms with Gasteiger partial charge >= 0.3 is 11.9 Å². The van der Waals surface area contributed by atoms with Crippen LogP contribution in [-0.2, 0) is 28.5 Å². The molecule has 2 aromatic heterocycles. The number of ether oxygens (including phenoxy) is 4. The highest BCUT2D eigenvalue weighted by molar-refractivity contribution is 5.84. The Bertz CT molecular complexity index is 2240. The number of hydrogen-bond donors (Lipinski definition) is 2. The zero-order valence-corrected chi connectivity index (χ0v) is 35.1. The Morgan fingerprint density at radius 2 is 1.56 bits per heavy atom. The average molecular weight is 805 g/mol. The van der Waals surface area contributed by atoms with Gasteiger partial charge in [-0.25, -0.2) is 9.97 Å². The SMILES string of the molecule is CCOC[C@@H]1N(c2cc(C3CC[C@H]4[C@H](O3)[C@H](C(=O)OC(C)(C)C)CCN4c3cccc(-c4cccc(C)c4O)n3)cc(-c3cccc(C)c3O)n2)C[C@@H]2C[C@@]21C(=O)OC. The quantitative estimate of drug-likeness (QED) is 0.152. The van der Waals surface area contributed by atoms with Gasteiger partial charge in [0.05, 0.1) is 60.7 Å². The summed E-state index contributed by atoms with van der Waals surface area (Å²) in [6.45, 7) is 13.3. The number of hydrogen-bond acceptors (Lipinski definition) is 12. The lowest BCUT2D eigenvalue weighted by molar-refractivity contribution is -0.175. The average Bonchev–Trinajstić information content (AvgIpc) is 3.86. The zero-order chi connectivity index (χ0) is 41.8. The third-order valence-corrected chi connectivity index (χ3v) is 12.8. The minimum Gasteiger partial charge on any atom is -0.507 e. The number of phenolic OH excluding ortho intramolecular Hbond substituents is 2. The van der Waals surface area contributed by atoms with Gasteiger partial charge in [-0.2, -0.15) is 0 Å². The van der Waals surface area contributed by atoms with Crippen molar-refractivity contribution < 1.29 is 38.7 Å². The number of nitrogens with zero attached hydrogens (tertiary/aromatic N) is 4. The van der Waals surface area contributed by atoms with E-state index in [-0.39, 0.29) is 41.4 Å². The first kappa shape index (κ1) is 40.6. The lowest BCUT2D eigenvalue weighted by Gasteiger charge is -2.49. The number of para-hydroxylation sites is 2. The van der Waals surface area contributed by atoms with Gasteiger partial charge in [0.15, 0.2) is 0 Å². The van der Waals surface area contributed by atoms with Crippen molar-refractivity contribution in [2.75, 3.05) is 43.2 Å². The first-order valence-electron chi connectivity index (χ1n) is 20.9. The standard InChI is InChI=1S/C47H56N4O8/c1-8-57-26-38-47(45(55)56-7)24-30(47)25-51(38)40-23-29(22-35(49-40)32-15-10-13-28(3)42(32)53)37-19-18-36-43(58-37)33(44(54)59-46(4,5)6)20-21-50(36)39-17-11-16-34(48-39)31-14-9-12-27(2)41(31)52/h9-17,22-23,30,33,36-38,43,52-53H,8,18-21,24-26H2,1-7H3/t30-,33+,36-,37?,38-,43+,47+/m0/s1. The Hall–Kier alpha value is -5.20. The van der Waals surface area contributed by atoms with Crippen molar-refractivity contribution in [2.24, 2.45) is 17.3 Å². The van der Waals surface area contributed by atoms with Crippen LogP contribution < -0.4 is 9.80 Å². The number of rotatable bonds is 10. The summed E-state index contributed by atoms with van der Waals surface area (Å²) in [6, 6.07) is 20.7. The molecule has 0 radical (unpaired) electrons. The van der Waals surface area contributed by atoms with Crippen LogP contribution >= 0.6 is 0 Å². The number of methoxy groups -OCH3 is 1. The van der Waals surface area contributed by atoms with Gasteiger partial charge < -0.3 is 39.0 Å². The number of piperidine rings is 2. The molecule has 0 bridgehead atoms. The van der Waals surface area contributed by atoms with Crippen molar-refractivity contribution >= 4 is 23.6 Å². The van der Waals surface area contributed by atoms with Gasteiger partial charge in [-0.3, -0.25) is 9.59 Å². The molecule has 1 saturated carbocycles. The van der Waals surface area contributed by atoms with Gasteiger partial charge in [-0.05, 0) is 126 Å². The number of aryl methyl sites for hydroxylation is 2. The number of carbonyl (C=O) groups is 2. The molecule has 7 atom stereocenters. The summed E-state index contributed by atoms with van der Waals surface area (Å²) in [5.41, 5.74) is 3.52. The van der Waals surface area contributed by atoms with E-state index in [2.05, 4.69) is 9.80 Å². The number of anilines is 2. The second kappa shape index (κ2) is 15.8. The van der Waals surface area contributed by atoms with Crippen molar-refractivity contribution in [3.05, 3.63) is 83.4 Å². The Labute approximate surface area is 346 Å². The van der Waals surface area contributed by atoms with Crippen LogP contribution in [0.3, 0.4) is 0 Å². The number of fused-ring (bicyclic) bond motifs is 2. The van der Waals surface area contributed by atoms with E-state index in [9.17, 15) is 19.8 Å². The number of aromatic hydroxyl groups is 2. The maximum atomic E-state index is 14.0. The molecule has 8 rings (SSSR count). The van der Waals surface area contributed by atoms with Crippen molar-refractivity contribution in [1.82, 2.24) is 9.97 Å². The van der Waals surface area contributed by atoms with Crippen LogP contribution in [0.5, 0.6) is 11.5 Å². The molecule has 59 heavy (non-hydrogen) atoms. The molecular weight excluding hydrogens is 749 g/mol. The van der Waals surface area contributed by atoms with Gasteiger partial charge in [-0.15, -0.1) is 0 Å². The number of phenols is 2. The summed E-state index contributed by atoms with van der Waals surface area (Å²) < 4.78 is 24.5. The molecule has 2 aromatic carbocycles. The molecule has 0 amide bonds. The highest BCUT2D eigenvalue weighted by Crippen LogP contribution is 2.63. The predicted molar refractivity (Wildman–Crippen MR) is 224 cm³/mol. The number of carbonyl (C=O) groups excluding carboxylic acids is 2. The van der Waals surface area contributed by atoms with Crippen molar-refractivity contribution in [3.63, 3.8) is 0 Å². The molecule has 0 spiro atoms. The van der Waals surface area contributed by atoms with Crippen LogP contribution in [-0.4, -0.2) is 89.3 Å². The summed E-state index contributed by atoms with van der Waals surface area (Å²) >= 11 is 0. The Morgan fingerprint density at radius 3 is 2.24 bits per heavy atom. The van der Waals surface area contributed by atoms with E-state index < -0.39 is 29.1 Å². The van der Waals surface area contributed by atoms with Gasteiger partial charge in [0, 0.05) is 30.8 Å². The third-order valence-electron chi connectivity index (χ3n) is 12.8. The molecular formula is C47H56N4O8. The van der Waals surface area contributed by atoms with Gasteiger partial charge in [-0.1, -0.05) is 30.3 Å². The largest absolute Gasteiger partial charge is 0.507 e. The number of esters is 2. The number of aromatic nitrogens is 2. The van der Waals surface area contributed by atoms with E-state index in [1.165, 1.54) is 7.11 Å². The smallest absolute Gasteiger partial charge is 0.314 e. The van der Waals surface area contributed by atoms with Gasteiger partial charge in [0.2, 0.25) is 0 Å². The van der Waals surface area contributed by atoms with E-state index >= 15 is 0 Å². The second-order valence-electron chi connectivity index (χ2n) is 17.6. The van der Waals surface area contributed by atoms with Crippen LogP contribution in [0, 0.1) is 31.1 Å². The molecule has 4 aliphatic rings. The number of pyridine rings is 2. The minimum absolute atomic E-state index is 0.109. The summed E-state index contributed by atoms with van der Waals surface area (Å²) in [7, 11) is 1.44. The molecule has 3 aliphatic heterocycles. The predicted octanol–water partition coefficient (Wildman–Crippen LogP) is 7.70. The first-order chi connectivity index (χ1) is 28.2. The Morgan fingerprint density at radius 1 is 0.881 bits per heavy atom. The highest BCUT2D eigenvalue weighted by atomic mass is 16.6. The van der Waals surface area contributed by atoms with E-state index in [0.717, 1.165) is 28.9 Å². The first-order valence-corrected chi connectivity index (χ1v) is 20.9. The molecule has 3 saturated heterocycles. The molecule has 12 heteroatoms. The molecule has 1 unspecified atom stereocenters. The van der Waals surface area contributed by atoms with Crippen LogP contribution in [0.25, 0.3) is 22.5 Å². The minimum atomic E-state index is -0.676. The maximum absolute atomic E-state index is 14.0. The van der Waals surface area contributed by atoms with Crippen LogP contribution in [0.15, 0.2) is 66.7 Å². The Balaban J connectivity index is 1.17. The van der Waals surface area contributed by atoms with Crippen LogP contribution in [0.4, 0.5) is 11.6 Å². The fourth-order valence-electron chi connectivity index (χ4n) is 9.70. The van der Waals surface area contributed by atoms with Gasteiger partial charge in [0.25, 0.3) is 0 Å².